The second-order valence-corrected chi connectivity index (χ2v) is 5.60. The molecule has 0 fully saturated rings. The molecular weight excluding hydrogens is 274 g/mol. The molecule has 0 saturated heterocycles. The van der Waals surface area contributed by atoms with Crippen molar-refractivity contribution < 1.29 is 4.52 Å². The molecule has 0 saturated carbocycles. The van der Waals surface area contributed by atoms with E-state index < -0.39 is 0 Å². The van der Waals surface area contributed by atoms with Gasteiger partial charge < -0.3 is 4.52 Å². The van der Waals surface area contributed by atoms with E-state index in [9.17, 15) is 0 Å². The second kappa shape index (κ2) is 5.46. The van der Waals surface area contributed by atoms with Crippen LogP contribution in [0.4, 0.5) is 0 Å². The summed E-state index contributed by atoms with van der Waals surface area (Å²) in [4.78, 5) is 8.67. The molecule has 0 spiro atoms. The molecule has 102 valence electrons. The van der Waals surface area contributed by atoms with Gasteiger partial charge in [-0.25, -0.2) is 4.98 Å². The fraction of sp³-hybridized carbons (Fsp3) is 0.231. The SMILES string of the molecule is Cc1nc(S[C@H](C)c2noc(-c3ccccc3)n2)n[nH]1. The third-order valence-electron chi connectivity index (χ3n) is 2.68. The lowest BCUT2D eigenvalue weighted by atomic mass is 10.2. The van der Waals surface area contributed by atoms with Gasteiger partial charge in [-0.1, -0.05) is 35.1 Å². The Labute approximate surface area is 120 Å². The number of nitrogens with one attached hydrogen (secondary N) is 1. The minimum atomic E-state index is 0.0198. The predicted molar refractivity (Wildman–Crippen MR) is 75.1 cm³/mol. The van der Waals surface area contributed by atoms with Crippen molar-refractivity contribution in [2.75, 3.05) is 0 Å². The highest BCUT2D eigenvalue weighted by atomic mass is 32.2. The van der Waals surface area contributed by atoms with Gasteiger partial charge in [-0.2, -0.15) is 4.98 Å². The van der Waals surface area contributed by atoms with Gasteiger partial charge in [0.15, 0.2) is 5.82 Å². The Morgan fingerprint density at radius 3 is 2.70 bits per heavy atom. The first-order valence-electron chi connectivity index (χ1n) is 6.17. The molecule has 2 aromatic heterocycles. The first-order chi connectivity index (χ1) is 9.72. The van der Waals surface area contributed by atoms with Crippen LogP contribution in [-0.4, -0.2) is 25.3 Å². The number of H-pyrrole nitrogens is 1. The molecule has 6 nitrogen and oxygen atoms in total. The van der Waals surface area contributed by atoms with Crippen molar-refractivity contribution in [2.24, 2.45) is 0 Å². The summed E-state index contributed by atoms with van der Waals surface area (Å²) in [6.07, 6.45) is 0. The Morgan fingerprint density at radius 1 is 1.20 bits per heavy atom. The van der Waals surface area contributed by atoms with Gasteiger partial charge in [0, 0.05) is 5.56 Å². The summed E-state index contributed by atoms with van der Waals surface area (Å²) in [6, 6.07) is 9.70. The third kappa shape index (κ3) is 2.72. The van der Waals surface area contributed by atoms with Gasteiger partial charge in [0.25, 0.3) is 5.89 Å². The summed E-state index contributed by atoms with van der Waals surface area (Å²) in [5.74, 6) is 1.95. The van der Waals surface area contributed by atoms with E-state index in [0.717, 1.165) is 11.4 Å². The Kier molecular flexibility index (Phi) is 3.51. The third-order valence-corrected chi connectivity index (χ3v) is 3.64. The summed E-state index contributed by atoms with van der Waals surface area (Å²) in [5.41, 5.74) is 0.914. The number of hydrogen-bond acceptors (Lipinski definition) is 6. The maximum Gasteiger partial charge on any atom is 0.257 e. The summed E-state index contributed by atoms with van der Waals surface area (Å²) in [5, 5.41) is 11.6. The number of rotatable bonds is 4. The lowest BCUT2D eigenvalue weighted by Gasteiger charge is -2.01. The van der Waals surface area contributed by atoms with E-state index in [1.165, 1.54) is 11.8 Å². The lowest BCUT2D eigenvalue weighted by molar-refractivity contribution is 0.423. The summed E-state index contributed by atoms with van der Waals surface area (Å²) in [7, 11) is 0. The van der Waals surface area contributed by atoms with Crippen molar-refractivity contribution in [1.29, 1.82) is 0 Å². The molecule has 0 amide bonds. The van der Waals surface area contributed by atoms with Gasteiger partial charge in [0.05, 0.1) is 5.25 Å². The molecule has 0 aliphatic rings. The van der Waals surface area contributed by atoms with E-state index in [4.69, 9.17) is 4.52 Å². The van der Waals surface area contributed by atoms with Crippen molar-refractivity contribution in [3.05, 3.63) is 42.0 Å². The topological polar surface area (TPSA) is 80.5 Å². The highest BCUT2D eigenvalue weighted by molar-refractivity contribution is 7.99. The summed E-state index contributed by atoms with van der Waals surface area (Å²) >= 11 is 1.49. The average molecular weight is 287 g/mol. The molecule has 0 unspecified atom stereocenters. The van der Waals surface area contributed by atoms with Gasteiger partial charge >= 0.3 is 0 Å². The van der Waals surface area contributed by atoms with Crippen molar-refractivity contribution in [3.63, 3.8) is 0 Å². The molecular formula is C13H13N5OS. The zero-order valence-corrected chi connectivity index (χ0v) is 11.9. The minimum Gasteiger partial charge on any atom is -0.334 e. The van der Waals surface area contributed by atoms with Gasteiger partial charge in [0.1, 0.15) is 5.82 Å². The van der Waals surface area contributed by atoms with Crippen molar-refractivity contribution in [1.82, 2.24) is 25.3 Å². The smallest absolute Gasteiger partial charge is 0.257 e. The Balaban J connectivity index is 1.76. The molecule has 2 heterocycles. The fourth-order valence-electron chi connectivity index (χ4n) is 1.68. The van der Waals surface area contributed by atoms with Gasteiger partial charge in [0.2, 0.25) is 5.16 Å². The molecule has 3 rings (SSSR count). The number of hydrogen-bond donors (Lipinski definition) is 1. The lowest BCUT2D eigenvalue weighted by Crippen LogP contribution is -1.92. The van der Waals surface area contributed by atoms with Crippen molar-refractivity contribution in [3.8, 4) is 11.5 Å². The highest BCUT2D eigenvalue weighted by Crippen LogP contribution is 2.31. The zero-order valence-electron chi connectivity index (χ0n) is 11.1. The van der Waals surface area contributed by atoms with E-state index in [-0.39, 0.29) is 5.25 Å². The molecule has 0 aliphatic heterocycles. The first kappa shape index (κ1) is 12.9. The van der Waals surface area contributed by atoms with Crippen LogP contribution in [0.2, 0.25) is 0 Å². The predicted octanol–water partition coefficient (Wildman–Crippen LogP) is 3.02. The standard InChI is InChI=1S/C13H13N5OS/c1-8(20-13-14-9(2)16-17-13)11-15-12(19-18-11)10-6-4-3-5-7-10/h3-8H,1-2H3,(H,14,16,17)/t8-/m1/s1. The normalized spacial score (nSPS) is 12.5. The Bertz CT molecular complexity index is 694. The van der Waals surface area contributed by atoms with Crippen molar-refractivity contribution >= 4 is 11.8 Å². The van der Waals surface area contributed by atoms with E-state index >= 15 is 0 Å². The molecule has 3 aromatic rings. The van der Waals surface area contributed by atoms with Crippen LogP contribution in [0.25, 0.3) is 11.5 Å². The first-order valence-corrected chi connectivity index (χ1v) is 7.05. The maximum atomic E-state index is 5.29. The molecule has 1 aromatic carbocycles. The molecule has 0 aliphatic carbocycles. The van der Waals surface area contributed by atoms with Crippen LogP contribution in [0.3, 0.4) is 0 Å². The van der Waals surface area contributed by atoms with Gasteiger partial charge in [-0.3, -0.25) is 5.10 Å². The monoisotopic (exact) mass is 287 g/mol. The molecule has 7 heteroatoms. The van der Waals surface area contributed by atoms with E-state index in [0.29, 0.717) is 16.9 Å². The summed E-state index contributed by atoms with van der Waals surface area (Å²) < 4.78 is 5.29. The number of aromatic nitrogens is 5. The summed E-state index contributed by atoms with van der Waals surface area (Å²) in [6.45, 7) is 3.86. The Hall–Kier alpha value is -2.15. The zero-order chi connectivity index (χ0) is 13.9. The Morgan fingerprint density at radius 2 is 2.00 bits per heavy atom. The van der Waals surface area contributed by atoms with E-state index in [1.807, 2.05) is 44.2 Å². The maximum absolute atomic E-state index is 5.29. The quantitative estimate of drug-likeness (QED) is 0.743. The highest BCUT2D eigenvalue weighted by Gasteiger charge is 2.17. The van der Waals surface area contributed by atoms with Crippen LogP contribution >= 0.6 is 11.8 Å². The van der Waals surface area contributed by atoms with Crippen LogP contribution in [0.1, 0.15) is 23.8 Å². The molecule has 0 bridgehead atoms. The van der Waals surface area contributed by atoms with Gasteiger partial charge in [-0.15, -0.1) is 5.10 Å². The van der Waals surface area contributed by atoms with Crippen LogP contribution in [0, 0.1) is 6.92 Å². The number of aryl methyl sites for hydroxylation is 1. The average Bonchev–Trinajstić information content (AvgIpc) is 3.09. The van der Waals surface area contributed by atoms with Crippen LogP contribution in [0.15, 0.2) is 40.0 Å². The number of aromatic amines is 1. The van der Waals surface area contributed by atoms with Crippen LogP contribution < -0.4 is 0 Å². The van der Waals surface area contributed by atoms with Crippen LogP contribution in [0.5, 0.6) is 0 Å². The van der Waals surface area contributed by atoms with Crippen molar-refractivity contribution in [2.45, 2.75) is 24.3 Å². The van der Waals surface area contributed by atoms with E-state index in [1.54, 1.807) is 0 Å². The fourth-order valence-corrected chi connectivity index (χ4v) is 2.49. The molecule has 0 radical (unpaired) electrons. The largest absolute Gasteiger partial charge is 0.334 e. The second-order valence-electron chi connectivity index (χ2n) is 4.29. The molecule has 1 atom stereocenters. The minimum absolute atomic E-state index is 0.0198. The number of nitrogens with zero attached hydrogens (tertiary/aromatic N) is 4. The van der Waals surface area contributed by atoms with Gasteiger partial charge in [-0.05, 0) is 26.0 Å². The number of thioether (sulfide) groups is 1. The van der Waals surface area contributed by atoms with E-state index in [2.05, 4.69) is 25.3 Å². The number of benzene rings is 1. The van der Waals surface area contributed by atoms with Crippen LogP contribution in [-0.2, 0) is 0 Å². The molecule has 20 heavy (non-hydrogen) atoms. The molecule has 1 N–H and O–H groups in total.